The van der Waals surface area contributed by atoms with E-state index in [-0.39, 0.29) is 12.0 Å². The number of ether oxygens (including phenoxy) is 2. The molecule has 1 atom stereocenters. The van der Waals surface area contributed by atoms with E-state index in [1.54, 1.807) is 0 Å². The Morgan fingerprint density at radius 1 is 1.08 bits per heavy atom. The fourth-order valence-electron chi connectivity index (χ4n) is 2.47. The number of rotatable bonds is 8. The highest BCUT2D eigenvalue weighted by molar-refractivity contribution is 5.81. The average molecular weight is 341 g/mol. The van der Waals surface area contributed by atoms with Crippen LogP contribution in [0.3, 0.4) is 0 Å². The minimum absolute atomic E-state index is 0.110. The smallest absolute Gasteiger partial charge is 0.261 e. The molecule has 0 aromatic heterocycles. The van der Waals surface area contributed by atoms with Gasteiger partial charge in [0, 0.05) is 6.54 Å². The van der Waals surface area contributed by atoms with Crippen molar-refractivity contribution in [2.75, 3.05) is 0 Å². The quantitative estimate of drug-likeness (QED) is 0.780. The molecule has 2 aromatic rings. The lowest BCUT2D eigenvalue weighted by atomic mass is 10.2. The SMILES string of the molecule is CCC(Oc1ccccc1C)C(=O)NCc1cccc(OC(C)C)c1. The zero-order chi connectivity index (χ0) is 18.2. The summed E-state index contributed by atoms with van der Waals surface area (Å²) in [7, 11) is 0. The van der Waals surface area contributed by atoms with Gasteiger partial charge in [0.25, 0.3) is 5.91 Å². The molecule has 1 N–H and O–H groups in total. The van der Waals surface area contributed by atoms with Crippen LogP contribution in [0, 0.1) is 6.92 Å². The zero-order valence-electron chi connectivity index (χ0n) is 15.4. The predicted molar refractivity (Wildman–Crippen MR) is 99.9 cm³/mol. The number of hydrogen-bond donors (Lipinski definition) is 1. The summed E-state index contributed by atoms with van der Waals surface area (Å²) in [5.41, 5.74) is 2.02. The third-order valence-electron chi connectivity index (χ3n) is 3.76. The molecule has 0 aliphatic heterocycles. The highest BCUT2D eigenvalue weighted by atomic mass is 16.5. The van der Waals surface area contributed by atoms with E-state index in [1.807, 2.05) is 76.2 Å². The normalized spacial score (nSPS) is 11.9. The van der Waals surface area contributed by atoms with Crippen LogP contribution in [0.15, 0.2) is 48.5 Å². The minimum atomic E-state index is -0.504. The van der Waals surface area contributed by atoms with E-state index in [0.29, 0.717) is 13.0 Å². The van der Waals surface area contributed by atoms with Gasteiger partial charge in [-0.1, -0.05) is 37.3 Å². The molecule has 0 heterocycles. The third kappa shape index (κ3) is 5.82. The number of carbonyl (C=O) groups excluding carboxylic acids is 1. The van der Waals surface area contributed by atoms with Crippen molar-refractivity contribution >= 4 is 5.91 Å². The van der Waals surface area contributed by atoms with Gasteiger partial charge in [0.15, 0.2) is 6.10 Å². The summed E-state index contributed by atoms with van der Waals surface area (Å²) in [5.74, 6) is 1.45. The molecule has 2 rings (SSSR count). The highest BCUT2D eigenvalue weighted by Gasteiger charge is 2.18. The lowest BCUT2D eigenvalue weighted by molar-refractivity contribution is -0.128. The molecular weight excluding hydrogens is 314 g/mol. The van der Waals surface area contributed by atoms with Gasteiger partial charge in [0.05, 0.1) is 6.10 Å². The number of para-hydroxylation sites is 1. The highest BCUT2D eigenvalue weighted by Crippen LogP contribution is 2.19. The van der Waals surface area contributed by atoms with Crippen LogP contribution in [-0.4, -0.2) is 18.1 Å². The van der Waals surface area contributed by atoms with Crippen LogP contribution >= 0.6 is 0 Å². The monoisotopic (exact) mass is 341 g/mol. The Morgan fingerprint density at radius 3 is 2.52 bits per heavy atom. The second-order valence-corrected chi connectivity index (χ2v) is 6.31. The fraction of sp³-hybridized carbons (Fsp3) is 0.381. The minimum Gasteiger partial charge on any atom is -0.491 e. The van der Waals surface area contributed by atoms with Crippen LogP contribution in [0.4, 0.5) is 0 Å². The average Bonchev–Trinajstić information content (AvgIpc) is 2.59. The first kappa shape index (κ1) is 18.8. The predicted octanol–water partition coefficient (Wildman–Crippen LogP) is 4.26. The number of benzene rings is 2. The Hall–Kier alpha value is -2.49. The zero-order valence-corrected chi connectivity index (χ0v) is 15.4. The van der Waals surface area contributed by atoms with Crippen molar-refractivity contribution < 1.29 is 14.3 Å². The van der Waals surface area contributed by atoms with Gasteiger partial charge >= 0.3 is 0 Å². The summed E-state index contributed by atoms with van der Waals surface area (Å²) in [5, 5.41) is 2.95. The first-order valence-electron chi connectivity index (χ1n) is 8.75. The second-order valence-electron chi connectivity index (χ2n) is 6.31. The van der Waals surface area contributed by atoms with Crippen LogP contribution in [0.25, 0.3) is 0 Å². The molecular formula is C21H27NO3. The van der Waals surface area contributed by atoms with Gasteiger partial charge in [-0.3, -0.25) is 4.79 Å². The maximum absolute atomic E-state index is 12.5. The van der Waals surface area contributed by atoms with E-state index in [2.05, 4.69) is 5.32 Å². The molecule has 0 spiro atoms. The van der Waals surface area contributed by atoms with Crippen LogP contribution in [-0.2, 0) is 11.3 Å². The molecule has 0 aliphatic rings. The van der Waals surface area contributed by atoms with Gasteiger partial charge < -0.3 is 14.8 Å². The number of hydrogen-bond acceptors (Lipinski definition) is 3. The summed E-state index contributed by atoms with van der Waals surface area (Å²) in [6.07, 6.45) is 0.226. The molecule has 1 unspecified atom stereocenters. The largest absolute Gasteiger partial charge is 0.491 e. The number of aryl methyl sites for hydroxylation is 1. The van der Waals surface area contributed by atoms with Crippen molar-refractivity contribution in [2.24, 2.45) is 0 Å². The number of amides is 1. The summed E-state index contributed by atoms with van der Waals surface area (Å²) >= 11 is 0. The number of nitrogens with one attached hydrogen (secondary N) is 1. The fourth-order valence-corrected chi connectivity index (χ4v) is 2.47. The van der Waals surface area contributed by atoms with Crippen molar-refractivity contribution in [1.29, 1.82) is 0 Å². The van der Waals surface area contributed by atoms with E-state index in [9.17, 15) is 4.79 Å². The Morgan fingerprint density at radius 2 is 1.84 bits per heavy atom. The molecule has 0 saturated carbocycles. The lowest BCUT2D eigenvalue weighted by Crippen LogP contribution is -2.37. The first-order valence-corrected chi connectivity index (χ1v) is 8.75. The van der Waals surface area contributed by atoms with Gasteiger partial charge in [0.1, 0.15) is 11.5 Å². The Labute approximate surface area is 150 Å². The number of carbonyl (C=O) groups is 1. The van der Waals surface area contributed by atoms with Gasteiger partial charge in [-0.05, 0) is 56.5 Å². The van der Waals surface area contributed by atoms with Crippen LogP contribution in [0.2, 0.25) is 0 Å². The van der Waals surface area contributed by atoms with Crippen LogP contribution < -0.4 is 14.8 Å². The molecule has 0 bridgehead atoms. The molecule has 25 heavy (non-hydrogen) atoms. The first-order chi connectivity index (χ1) is 12.0. The maximum Gasteiger partial charge on any atom is 0.261 e. The van der Waals surface area contributed by atoms with Crippen molar-refractivity contribution in [3.05, 3.63) is 59.7 Å². The maximum atomic E-state index is 12.5. The van der Waals surface area contributed by atoms with Gasteiger partial charge in [-0.15, -0.1) is 0 Å². The lowest BCUT2D eigenvalue weighted by Gasteiger charge is -2.18. The third-order valence-corrected chi connectivity index (χ3v) is 3.76. The van der Waals surface area contributed by atoms with Crippen LogP contribution in [0.1, 0.15) is 38.3 Å². The van der Waals surface area contributed by atoms with E-state index in [0.717, 1.165) is 22.6 Å². The molecule has 0 radical (unpaired) electrons. The van der Waals surface area contributed by atoms with E-state index >= 15 is 0 Å². The van der Waals surface area contributed by atoms with E-state index in [1.165, 1.54) is 0 Å². The van der Waals surface area contributed by atoms with Gasteiger partial charge in [0.2, 0.25) is 0 Å². The molecule has 0 aliphatic carbocycles. The Balaban J connectivity index is 1.95. The molecule has 0 saturated heterocycles. The summed E-state index contributed by atoms with van der Waals surface area (Å²) in [6, 6.07) is 15.5. The summed E-state index contributed by atoms with van der Waals surface area (Å²) < 4.78 is 11.6. The topological polar surface area (TPSA) is 47.6 Å². The van der Waals surface area contributed by atoms with Crippen molar-refractivity contribution in [3.63, 3.8) is 0 Å². The van der Waals surface area contributed by atoms with Crippen molar-refractivity contribution in [3.8, 4) is 11.5 Å². The van der Waals surface area contributed by atoms with Crippen LogP contribution in [0.5, 0.6) is 11.5 Å². The van der Waals surface area contributed by atoms with Gasteiger partial charge in [-0.25, -0.2) is 0 Å². The molecule has 1 amide bonds. The Bertz CT molecular complexity index is 697. The standard InChI is InChI=1S/C21H27NO3/c1-5-19(25-20-12-7-6-9-16(20)4)21(23)22-14-17-10-8-11-18(13-17)24-15(2)3/h6-13,15,19H,5,14H2,1-4H3,(H,22,23). The summed E-state index contributed by atoms with van der Waals surface area (Å²) in [6.45, 7) is 8.34. The second kappa shape index (κ2) is 9.11. The van der Waals surface area contributed by atoms with E-state index in [4.69, 9.17) is 9.47 Å². The Kier molecular flexibility index (Phi) is 6.87. The van der Waals surface area contributed by atoms with Crippen molar-refractivity contribution in [1.82, 2.24) is 5.32 Å². The molecule has 134 valence electrons. The van der Waals surface area contributed by atoms with Crippen molar-refractivity contribution in [2.45, 2.75) is 52.9 Å². The molecule has 4 nitrogen and oxygen atoms in total. The van der Waals surface area contributed by atoms with E-state index < -0.39 is 6.10 Å². The molecule has 2 aromatic carbocycles. The molecule has 0 fully saturated rings. The molecule has 4 heteroatoms. The summed E-state index contributed by atoms with van der Waals surface area (Å²) in [4.78, 5) is 12.5. The van der Waals surface area contributed by atoms with Gasteiger partial charge in [-0.2, -0.15) is 0 Å².